The third-order valence-electron chi connectivity index (χ3n) is 6.68. The Bertz CT molecular complexity index is 953. The van der Waals surface area contributed by atoms with Gasteiger partial charge in [0.15, 0.2) is 0 Å². The van der Waals surface area contributed by atoms with Gasteiger partial charge in [0.25, 0.3) is 5.91 Å². The van der Waals surface area contributed by atoms with Crippen LogP contribution in [0.15, 0.2) is 54.6 Å². The van der Waals surface area contributed by atoms with Crippen molar-refractivity contribution in [3.63, 3.8) is 0 Å². The van der Waals surface area contributed by atoms with E-state index in [1.54, 1.807) is 29.2 Å². The van der Waals surface area contributed by atoms with Crippen molar-refractivity contribution in [2.75, 3.05) is 39.3 Å². The molecule has 2 saturated heterocycles. The van der Waals surface area contributed by atoms with Gasteiger partial charge in [0, 0.05) is 55.8 Å². The number of piperazine rings is 2. The monoisotopic (exact) mass is 455 g/mol. The lowest BCUT2D eigenvalue weighted by Crippen LogP contribution is -2.72. The van der Waals surface area contributed by atoms with Gasteiger partial charge in [-0.3, -0.25) is 14.5 Å². The fourth-order valence-corrected chi connectivity index (χ4v) is 5.02. The predicted octanol–water partition coefficient (Wildman–Crippen LogP) is 2.69. The first kappa shape index (κ1) is 22.8. The van der Waals surface area contributed by atoms with Gasteiger partial charge in [-0.15, -0.1) is 0 Å². The van der Waals surface area contributed by atoms with E-state index in [0.29, 0.717) is 49.7 Å². The van der Waals surface area contributed by atoms with Crippen LogP contribution in [0.3, 0.4) is 0 Å². The molecule has 2 unspecified atom stereocenters. The minimum Gasteiger partial charge on any atom is -0.394 e. The van der Waals surface area contributed by atoms with Crippen molar-refractivity contribution in [1.82, 2.24) is 14.7 Å². The van der Waals surface area contributed by atoms with E-state index in [1.165, 1.54) is 0 Å². The maximum atomic E-state index is 13.2. The van der Waals surface area contributed by atoms with Crippen LogP contribution in [0.2, 0.25) is 5.02 Å². The standard InChI is InChI=1S/C25H30ClN3O3/c1-25(18-30)17-28(24(32)20-8-10-21(26)11-9-20)16-22-15-27(13-14-29(22)25)23(31)12-7-19-5-3-2-4-6-19/h2-6,8-11,22,30H,7,12-18H2,1H3. The van der Waals surface area contributed by atoms with Crippen molar-refractivity contribution in [3.05, 3.63) is 70.7 Å². The van der Waals surface area contributed by atoms with Crippen LogP contribution in [0.25, 0.3) is 0 Å². The number of aliphatic hydroxyl groups excluding tert-OH is 1. The molecule has 1 N–H and O–H groups in total. The molecular formula is C25H30ClN3O3. The normalized spacial score (nSPS) is 23.7. The lowest BCUT2D eigenvalue weighted by atomic mass is 9.91. The zero-order valence-electron chi connectivity index (χ0n) is 18.4. The second kappa shape index (κ2) is 9.61. The Morgan fingerprint density at radius 1 is 1.03 bits per heavy atom. The highest BCUT2D eigenvalue weighted by molar-refractivity contribution is 6.30. The summed E-state index contributed by atoms with van der Waals surface area (Å²) in [5.74, 6) is 0.0638. The van der Waals surface area contributed by atoms with Crippen LogP contribution in [0, 0.1) is 0 Å². The van der Waals surface area contributed by atoms with Crippen LogP contribution in [0.1, 0.15) is 29.3 Å². The zero-order chi connectivity index (χ0) is 22.7. The predicted molar refractivity (Wildman–Crippen MR) is 125 cm³/mol. The molecule has 2 aromatic carbocycles. The van der Waals surface area contributed by atoms with Crippen LogP contribution in [-0.2, 0) is 11.2 Å². The molecular weight excluding hydrogens is 426 g/mol. The lowest BCUT2D eigenvalue weighted by Gasteiger charge is -2.56. The van der Waals surface area contributed by atoms with Gasteiger partial charge in [-0.05, 0) is 43.2 Å². The number of amides is 2. The van der Waals surface area contributed by atoms with Crippen LogP contribution >= 0.6 is 11.6 Å². The maximum Gasteiger partial charge on any atom is 0.253 e. The molecule has 0 aliphatic carbocycles. The summed E-state index contributed by atoms with van der Waals surface area (Å²) in [6.45, 7) is 4.83. The minimum absolute atomic E-state index is 0.00780. The van der Waals surface area contributed by atoms with Crippen molar-refractivity contribution >= 4 is 23.4 Å². The number of carbonyl (C=O) groups is 2. The molecule has 2 aliphatic rings. The first-order valence-corrected chi connectivity index (χ1v) is 11.5. The summed E-state index contributed by atoms with van der Waals surface area (Å²) in [6, 6.07) is 16.9. The van der Waals surface area contributed by atoms with Crippen molar-refractivity contribution in [1.29, 1.82) is 0 Å². The number of benzene rings is 2. The second-order valence-electron chi connectivity index (χ2n) is 9.02. The molecule has 170 valence electrons. The number of aryl methyl sites for hydroxylation is 1. The molecule has 2 atom stereocenters. The number of rotatable bonds is 5. The van der Waals surface area contributed by atoms with Gasteiger partial charge in [0.1, 0.15) is 0 Å². The number of fused-ring (bicyclic) bond motifs is 1. The Labute approximate surface area is 194 Å². The van der Waals surface area contributed by atoms with Crippen LogP contribution in [0.4, 0.5) is 0 Å². The highest BCUT2D eigenvalue weighted by atomic mass is 35.5. The lowest BCUT2D eigenvalue weighted by molar-refractivity contribution is -0.140. The summed E-state index contributed by atoms with van der Waals surface area (Å²) in [4.78, 5) is 32.1. The van der Waals surface area contributed by atoms with Gasteiger partial charge in [-0.1, -0.05) is 41.9 Å². The average molecular weight is 456 g/mol. The van der Waals surface area contributed by atoms with Gasteiger partial charge in [-0.2, -0.15) is 0 Å². The summed E-state index contributed by atoms with van der Waals surface area (Å²) >= 11 is 5.97. The largest absolute Gasteiger partial charge is 0.394 e. The molecule has 6 nitrogen and oxygen atoms in total. The first-order valence-electron chi connectivity index (χ1n) is 11.1. The summed E-state index contributed by atoms with van der Waals surface area (Å²) in [7, 11) is 0. The third kappa shape index (κ3) is 4.82. The number of aliphatic hydroxyl groups is 1. The molecule has 0 radical (unpaired) electrons. The number of carbonyl (C=O) groups excluding carboxylic acids is 2. The number of nitrogens with zero attached hydrogens (tertiary/aromatic N) is 3. The summed E-state index contributed by atoms with van der Waals surface area (Å²) in [5, 5.41) is 10.8. The summed E-state index contributed by atoms with van der Waals surface area (Å²) in [6.07, 6.45) is 1.20. The van der Waals surface area contributed by atoms with Crippen LogP contribution < -0.4 is 0 Å². The maximum absolute atomic E-state index is 13.2. The molecule has 0 bridgehead atoms. The molecule has 2 fully saturated rings. The third-order valence-corrected chi connectivity index (χ3v) is 6.93. The van der Waals surface area contributed by atoms with E-state index in [2.05, 4.69) is 4.90 Å². The van der Waals surface area contributed by atoms with Crippen molar-refractivity contribution in [3.8, 4) is 0 Å². The molecule has 2 aliphatic heterocycles. The molecule has 2 amide bonds. The summed E-state index contributed by atoms with van der Waals surface area (Å²) in [5.41, 5.74) is 1.20. The minimum atomic E-state index is -0.538. The molecule has 0 spiro atoms. The molecule has 0 aromatic heterocycles. The molecule has 32 heavy (non-hydrogen) atoms. The fraction of sp³-hybridized carbons (Fsp3) is 0.440. The molecule has 2 aromatic rings. The van der Waals surface area contributed by atoms with Gasteiger partial charge in [0.05, 0.1) is 12.1 Å². The zero-order valence-corrected chi connectivity index (χ0v) is 19.2. The van der Waals surface area contributed by atoms with Crippen molar-refractivity contribution in [2.45, 2.75) is 31.3 Å². The Morgan fingerprint density at radius 3 is 2.41 bits per heavy atom. The Balaban J connectivity index is 1.45. The Morgan fingerprint density at radius 2 is 1.72 bits per heavy atom. The van der Waals surface area contributed by atoms with E-state index >= 15 is 0 Å². The van der Waals surface area contributed by atoms with E-state index in [0.717, 1.165) is 12.0 Å². The van der Waals surface area contributed by atoms with Gasteiger partial charge in [0.2, 0.25) is 5.91 Å². The van der Waals surface area contributed by atoms with Crippen molar-refractivity contribution < 1.29 is 14.7 Å². The van der Waals surface area contributed by atoms with E-state index in [-0.39, 0.29) is 24.5 Å². The molecule has 7 heteroatoms. The van der Waals surface area contributed by atoms with E-state index in [4.69, 9.17) is 11.6 Å². The van der Waals surface area contributed by atoms with Gasteiger partial charge in [-0.25, -0.2) is 0 Å². The van der Waals surface area contributed by atoms with Crippen LogP contribution in [0.5, 0.6) is 0 Å². The average Bonchev–Trinajstić information content (AvgIpc) is 2.82. The Kier molecular flexibility index (Phi) is 6.84. The number of hydrogen-bond acceptors (Lipinski definition) is 4. The number of hydrogen-bond donors (Lipinski definition) is 1. The van der Waals surface area contributed by atoms with E-state index < -0.39 is 5.54 Å². The summed E-state index contributed by atoms with van der Waals surface area (Å²) < 4.78 is 0. The highest BCUT2D eigenvalue weighted by Gasteiger charge is 2.46. The second-order valence-corrected chi connectivity index (χ2v) is 9.46. The molecule has 0 saturated carbocycles. The van der Waals surface area contributed by atoms with E-state index in [9.17, 15) is 14.7 Å². The smallest absolute Gasteiger partial charge is 0.253 e. The topological polar surface area (TPSA) is 64.1 Å². The Hall–Kier alpha value is -2.41. The van der Waals surface area contributed by atoms with Crippen LogP contribution in [-0.4, -0.2) is 82.5 Å². The fourth-order valence-electron chi connectivity index (χ4n) is 4.89. The molecule has 4 rings (SSSR count). The quantitative estimate of drug-likeness (QED) is 0.753. The van der Waals surface area contributed by atoms with Gasteiger partial charge >= 0.3 is 0 Å². The number of halogens is 1. The highest BCUT2D eigenvalue weighted by Crippen LogP contribution is 2.29. The first-order chi connectivity index (χ1) is 15.4. The SMILES string of the molecule is CC1(CO)CN(C(=O)c2ccc(Cl)cc2)CC2CN(C(=O)CCc3ccccc3)CCN21. The van der Waals surface area contributed by atoms with Crippen molar-refractivity contribution in [2.24, 2.45) is 0 Å². The van der Waals surface area contributed by atoms with E-state index in [1.807, 2.05) is 42.2 Å². The molecule has 2 heterocycles. The van der Waals surface area contributed by atoms with Gasteiger partial charge < -0.3 is 14.9 Å².